The first-order chi connectivity index (χ1) is 15.7. The maximum Gasteiger partial charge on any atom is 0.248 e. The minimum atomic E-state index is -0.241. The van der Waals surface area contributed by atoms with Crippen molar-refractivity contribution in [3.63, 3.8) is 0 Å². The fraction of sp³-hybridized carbons (Fsp3) is 0.200. The predicted molar refractivity (Wildman–Crippen MR) is 125 cm³/mol. The zero-order chi connectivity index (χ0) is 21.9. The van der Waals surface area contributed by atoms with Gasteiger partial charge in [-0.2, -0.15) is 5.10 Å². The van der Waals surface area contributed by atoms with Gasteiger partial charge in [-0.3, -0.25) is 14.5 Å². The molecule has 7 nitrogen and oxygen atoms in total. The molecule has 1 aliphatic heterocycles. The minimum Gasteiger partial charge on any atom is -0.358 e. The summed E-state index contributed by atoms with van der Waals surface area (Å²) in [5, 5.41) is 7.18. The van der Waals surface area contributed by atoms with Gasteiger partial charge in [-0.05, 0) is 48.7 Å². The molecule has 4 aromatic rings. The number of carbonyl (C=O) groups is 1. The highest BCUT2D eigenvalue weighted by molar-refractivity contribution is 5.96. The van der Waals surface area contributed by atoms with Gasteiger partial charge in [0, 0.05) is 31.5 Å². The number of amides is 1. The van der Waals surface area contributed by atoms with E-state index in [1.165, 1.54) is 0 Å². The topological polar surface area (TPSA) is 75.9 Å². The van der Waals surface area contributed by atoms with Gasteiger partial charge >= 0.3 is 0 Å². The van der Waals surface area contributed by atoms with Gasteiger partial charge in [-0.15, -0.1) is 0 Å². The lowest BCUT2D eigenvalue weighted by atomic mass is 10.1. The minimum absolute atomic E-state index is 0.0434. The van der Waals surface area contributed by atoms with E-state index < -0.39 is 0 Å². The second-order valence-electron chi connectivity index (χ2n) is 7.88. The van der Waals surface area contributed by atoms with E-state index in [4.69, 9.17) is 0 Å². The van der Waals surface area contributed by atoms with Gasteiger partial charge < -0.3 is 10.2 Å². The summed E-state index contributed by atoms with van der Waals surface area (Å²) in [6.07, 6.45) is 7.14. The number of rotatable bonds is 5. The van der Waals surface area contributed by atoms with E-state index >= 15 is 0 Å². The van der Waals surface area contributed by atoms with Crippen LogP contribution in [0.5, 0.6) is 0 Å². The van der Waals surface area contributed by atoms with E-state index in [2.05, 4.69) is 25.3 Å². The molecule has 1 amide bonds. The Bertz CT molecular complexity index is 1200. The monoisotopic (exact) mass is 424 g/mol. The number of pyridine rings is 2. The first-order valence-corrected chi connectivity index (χ1v) is 10.7. The van der Waals surface area contributed by atoms with Gasteiger partial charge in [0.15, 0.2) is 0 Å². The lowest BCUT2D eigenvalue weighted by molar-refractivity contribution is -0.117. The smallest absolute Gasteiger partial charge is 0.248 e. The molecule has 1 aliphatic rings. The molecule has 32 heavy (non-hydrogen) atoms. The normalized spacial score (nSPS) is 15.7. The zero-order valence-electron chi connectivity index (χ0n) is 17.8. The second kappa shape index (κ2) is 8.63. The Hall–Kier alpha value is -4.00. The standard InChI is InChI=1S/C25H24N6O/c1-30-22(13-14-28-30)21-11-10-20(17-26-21)31-15-5-8-23(31)25(32)29-24-12-9-19(16-27-24)18-6-3-2-4-7-18/h2-4,6-7,9-14,16-17,23H,5,8,15H2,1H3,(H,27,29,32). The quantitative estimate of drug-likeness (QED) is 0.521. The molecule has 1 aromatic carbocycles. The molecule has 1 N–H and O–H groups in total. The van der Waals surface area contributed by atoms with E-state index in [9.17, 15) is 4.79 Å². The Morgan fingerprint density at radius 1 is 0.969 bits per heavy atom. The van der Waals surface area contributed by atoms with Crippen LogP contribution < -0.4 is 10.2 Å². The molecule has 4 heterocycles. The first-order valence-electron chi connectivity index (χ1n) is 10.7. The van der Waals surface area contributed by atoms with Crippen LogP contribution in [-0.2, 0) is 11.8 Å². The third kappa shape index (κ3) is 3.97. The van der Waals surface area contributed by atoms with Crippen molar-refractivity contribution in [1.29, 1.82) is 0 Å². The highest BCUT2D eigenvalue weighted by Crippen LogP contribution is 2.28. The van der Waals surface area contributed by atoms with Crippen LogP contribution in [0.1, 0.15) is 12.8 Å². The van der Waals surface area contributed by atoms with Crippen molar-refractivity contribution >= 4 is 17.4 Å². The largest absolute Gasteiger partial charge is 0.358 e. The van der Waals surface area contributed by atoms with Crippen LogP contribution in [0.4, 0.5) is 11.5 Å². The average Bonchev–Trinajstić information content (AvgIpc) is 3.50. The number of nitrogens with zero attached hydrogens (tertiary/aromatic N) is 5. The fourth-order valence-corrected chi connectivity index (χ4v) is 4.16. The van der Waals surface area contributed by atoms with Crippen molar-refractivity contribution in [1.82, 2.24) is 19.7 Å². The van der Waals surface area contributed by atoms with E-state index in [1.807, 2.05) is 73.9 Å². The molecule has 5 rings (SSSR count). The molecular formula is C25H24N6O. The van der Waals surface area contributed by atoms with Crippen molar-refractivity contribution in [2.75, 3.05) is 16.8 Å². The third-order valence-electron chi connectivity index (χ3n) is 5.84. The first kappa shape index (κ1) is 19.9. The Balaban J connectivity index is 1.28. The van der Waals surface area contributed by atoms with Crippen LogP contribution in [0.15, 0.2) is 79.3 Å². The van der Waals surface area contributed by atoms with Gasteiger partial charge in [0.1, 0.15) is 11.9 Å². The van der Waals surface area contributed by atoms with Gasteiger partial charge in [-0.1, -0.05) is 30.3 Å². The van der Waals surface area contributed by atoms with Crippen molar-refractivity contribution in [3.8, 4) is 22.5 Å². The van der Waals surface area contributed by atoms with Crippen LogP contribution in [0.3, 0.4) is 0 Å². The Labute approximate surface area is 186 Å². The molecule has 3 aromatic heterocycles. The van der Waals surface area contributed by atoms with Gasteiger partial charge in [-0.25, -0.2) is 4.98 Å². The van der Waals surface area contributed by atoms with E-state index in [0.717, 1.165) is 47.6 Å². The SMILES string of the molecule is Cn1nccc1-c1ccc(N2CCCC2C(=O)Nc2ccc(-c3ccccc3)cn2)cn1. The molecule has 0 saturated carbocycles. The summed E-state index contributed by atoms with van der Waals surface area (Å²) in [6, 6.07) is 19.6. The number of aryl methyl sites for hydroxylation is 1. The Kier molecular flexibility index (Phi) is 5.37. The maximum absolute atomic E-state index is 13.0. The molecule has 1 unspecified atom stereocenters. The van der Waals surface area contributed by atoms with Crippen molar-refractivity contribution in [2.24, 2.45) is 7.05 Å². The van der Waals surface area contributed by atoms with Crippen molar-refractivity contribution < 1.29 is 4.79 Å². The van der Waals surface area contributed by atoms with Crippen molar-refractivity contribution in [3.05, 3.63) is 79.3 Å². The molecule has 160 valence electrons. The molecule has 7 heteroatoms. The summed E-state index contributed by atoms with van der Waals surface area (Å²) in [7, 11) is 1.90. The van der Waals surface area contributed by atoms with Crippen LogP contribution in [0, 0.1) is 0 Å². The fourth-order valence-electron chi connectivity index (χ4n) is 4.16. The second-order valence-corrected chi connectivity index (χ2v) is 7.88. The Morgan fingerprint density at radius 2 is 1.84 bits per heavy atom. The van der Waals surface area contributed by atoms with E-state index in [0.29, 0.717) is 5.82 Å². The molecule has 1 atom stereocenters. The summed E-state index contributed by atoms with van der Waals surface area (Å²) < 4.78 is 1.80. The number of aromatic nitrogens is 4. The van der Waals surface area contributed by atoms with Gasteiger partial charge in [0.25, 0.3) is 0 Å². The number of nitrogens with one attached hydrogen (secondary N) is 1. The molecule has 0 radical (unpaired) electrons. The van der Waals surface area contributed by atoms with Gasteiger partial charge in [0.05, 0.1) is 23.3 Å². The van der Waals surface area contributed by atoms with Crippen molar-refractivity contribution in [2.45, 2.75) is 18.9 Å². The Morgan fingerprint density at radius 3 is 2.53 bits per heavy atom. The third-order valence-corrected chi connectivity index (χ3v) is 5.84. The summed E-state index contributed by atoms with van der Waals surface area (Å²) in [5.41, 5.74) is 4.88. The highest BCUT2D eigenvalue weighted by atomic mass is 16.2. The molecule has 0 spiro atoms. The number of anilines is 2. The molecular weight excluding hydrogens is 400 g/mol. The number of benzene rings is 1. The van der Waals surface area contributed by atoms with Crippen LogP contribution in [-0.4, -0.2) is 38.2 Å². The molecule has 0 bridgehead atoms. The molecule has 0 aliphatic carbocycles. The van der Waals surface area contributed by atoms with Crippen LogP contribution in [0.2, 0.25) is 0 Å². The highest BCUT2D eigenvalue weighted by Gasteiger charge is 2.31. The summed E-state index contributed by atoms with van der Waals surface area (Å²) in [6.45, 7) is 0.825. The maximum atomic E-state index is 13.0. The summed E-state index contributed by atoms with van der Waals surface area (Å²) in [5.74, 6) is 0.518. The number of hydrogen-bond acceptors (Lipinski definition) is 5. The summed E-state index contributed by atoms with van der Waals surface area (Å²) in [4.78, 5) is 24.2. The zero-order valence-corrected chi connectivity index (χ0v) is 17.8. The van der Waals surface area contributed by atoms with Crippen LogP contribution >= 0.6 is 0 Å². The lowest BCUT2D eigenvalue weighted by Crippen LogP contribution is -2.39. The van der Waals surface area contributed by atoms with Crippen LogP contribution in [0.25, 0.3) is 22.5 Å². The molecule has 1 saturated heterocycles. The summed E-state index contributed by atoms with van der Waals surface area (Å²) >= 11 is 0. The van der Waals surface area contributed by atoms with E-state index in [1.54, 1.807) is 17.1 Å². The molecule has 1 fully saturated rings. The average molecular weight is 425 g/mol. The van der Waals surface area contributed by atoms with Gasteiger partial charge in [0.2, 0.25) is 5.91 Å². The lowest BCUT2D eigenvalue weighted by Gasteiger charge is -2.25. The predicted octanol–water partition coefficient (Wildman–Crippen LogP) is 4.15. The number of carbonyl (C=O) groups excluding carboxylic acids is 1. The van der Waals surface area contributed by atoms with E-state index in [-0.39, 0.29) is 11.9 Å². The number of hydrogen-bond donors (Lipinski definition) is 1.